The third-order valence-electron chi connectivity index (χ3n) is 5.05. The highest BCUT2D eigenvalue weighted by Crippen LogP contribution is 2.33. The van der Waals surface area contributed by atoms with Gasteiger partial charge in [-0.3, -0.25) is 9.59 Å². The van der Waals surface area contributed by atoms with Crippen molar-refractivity contribution >= 4 is 27.3 Å². The topological polar surface area (TPSA) is 92.8 Å². The highest BCUT2D eigenvalue weighted by Gasteiger charge is 2.28. The molecule has 0 aromatic heterocycles. The molecular formula is C19H26N2O5S. The van der Waals surface area contributed by atoms with Gasteiger partial charge in [-0.15, -0.1) is 0 Å². The number of nitrogens with zero attached hydrogens (tertiary/aromatic N) is 1. The van der Waals surface area contributed by atoms with Crippen molar-refractivity contribution < 1.29 is 22.7 Å². The van der Waals surface area contributed by atoms with Gasteiger partial charge in [-0.2, -0.15) is 0 Å². The van der Waals surface area contributed by atoms with Gasteiger partial charge in [0.2, 0.25) is 5.91 Å². The van der Waals surface area contributed by atoms with Crippen LogP contribution in [0.3, 0.4) is 0 Å². The minimum Gasteiger partial charge on any atom is -0.482 e. The molecule has 7 nitrogen and oxygen atoms in total. The Balaban J connectivity index is 1.72. The molecule has 2 aliphatic heterocycles. The van der Waals surface area contributed by atoms with Crippen LogP contribution in [-0.4, -0.2) is 50.6 Å². The summed E-state index contributed by atoms with van der Waals surface area (Å²) >= 11 is 0. The summed E-state index contributed by atoms with van der Waals surface area (Å²) < 4.78 is 30.9. The molecular weight excluding hydrogens is 368 g/mol. The van der Waals surface area contributed by atoms with E-state index in [4.69, 9.17) is 4.74 Å². The second-order valence-corrected chi connectivity index (χ2v) is 9.84. The van der Waals surface area contributed by atoms with E-state index in [1.807, 2.05) is 0 Å². The zero-order valence-electron chi connectivity index (χ0n) is 15.9. The Labute approximate surface area is 160 Å². The van der Waals surface area contributed by atoms with Gasteiger partial charge in [0.1, 0.15) is 5.75 Å². The maximum atomic E-state index is 12.8. The fraction of sp³-hybridized carbons (Fsp3) is 0.579. The van der Waals surface area contributed by atoms with Crippen molar-refractivity contribution in [2.24, 2.45) is 11.8 Å². The number of piperidine rings is 1. The Morgan fingerprint density at radius 2 is 1.93 bits per heavy atom. The van der Waals surface area contributed by atoms with E-state index in [1.165, 1.54) is 6.07 Å². The molecule has 148 valence electrons. The van der Waals surface area contributed by atoms with Gasteiger partial charge in [0.25, 0.3) is 5.91 Å². The maximum Gasteiger partial charge on any atom is 0.262 e. The Morgan fingerprint density at radius 1 is 1.26 bits per heavy atom. The van der Waals surface area contributed by atoms with Crippen molar-refractivity contribution in [2.45, 2.75) is 38.5 Å². The molecule has 0 unspecified atom stereocenters. The van der Waals surface area contributed by atoms with Gasteiger partial charge in [0.15, 0.2) is 16.4 Å². The van der Waals surface area contributed by atoms with E-state index in [0.717, 1.165) is 6.42 Å². The Hall–Kier alpha value is -2.09. The fourth-order valence-corrected chi connectivity index (χ4v) is 5.41. The number of carbonyl (C=O) groups excluding carboxylic acids is 2. The SMILES string of the molecule is Cc1cc2c(cc1S(=O)(=O)CCC(=O)N1C[C@@H](C)C[C@H](C)C1)OCC(=O)N2. The van der Waals surface area contributed by atoms with E-state index >= 15 is 0 Å². The monoisotopic (exact) mass is 394 g/mol. The number of hydrogen-bond donors (Lipinski definition) is 1. The molecule has 1 fully saturated rings. The van der Waals surface area contributed by atoms with Crippen LogP contribution in [0.25, 0.3) is 0 Å². The van der Waals surface area contributed by atoms with Gasteiger partial charge in [-0.05, 0) is 36.8 Å². The second kappa shape index (κ2) is 7.50. The van der Waals surface area contributed by atoms with E-state index < -0.39 is 9.84 Å². The number of aryl methyl sites for hydroxylation is 1. The standard InChI is InChI=1S/C19H26N2O5S/c1-12-6-13(2)10-21(9-12)19(23)4-5-27(24,25)17-8-16-15(7-14(17)3)20-18(22)11-26-16/h7-8,12-13H,4-6,9-11H2,1-3H3,(H,20,22)/t12-,13-/m0/s1. The number of rotatable bonds is 4. The highest BCUT2D eigenvalue weighted by atomic mass is 32.2. The van der Waals surface area contributed by atoms with Gasteiger partial charge in [0, 0.05) is 25.6 Å². The van der Waals surface area contributed by atoms with Crippen LogP contribution in [0.4, 0.5) is 5.69 Å². The highest BCUT2D eigenvalue weighted by molar-refractivity contribution is 7.91. The van der Waals surface area contributed by atoms with Crippen molar-refractivity contribution in [3.8, 4) is 5.75 Å². The van der Waals surface area contributed by atoms with E-state index in [0.29, 0.717) is 41.9 Å². The number of sulfone groups is 1. The molecule has 2 heterocycles. The predicted octanol–water partition coefficient (Wildman–Crippen LogP) is 1.99. The zero-order valence-corrected chi connectivity index (χ0v) is 16.8. The van der Waals surface area contributed by atoms with Crippen LogP contribution in [0.15, 0.2) is 17.0 Å². The minimum atomic E-state index is -3.64. The third-order valence-corrected chi connectivity index (χ3v) is 6.90. The van der Waals surface area contributed by atoms with Crippen molar-refractivity contribution in [2.75, 3.05) is 30.8 Å². The minimum absolute atomic E-state index is 0.0319. The first-order valence-corrected chi connectivity index (χ1v) is 10.9. The van der Waals surface area contributed by atoms with Gasteiger partial charge in [-0.1, -0.05) is 13.8 Å². The van der Waals surface area contributed by atoms with Crippen molar-refractivity contribution in [1.29, 1.82) is 0 Å². The van der Waals surface area contributed by atoms with Crippen LogP contribution >= 0.6 is 0 Å². The number of carbonyl (C=O) groups is 2. The molecule has 1 saturated heterocycles. The lowest BCUT2D eigenvalue weighted by Gasteiger charge is -2.35. The summed E-state index contributed by atoms with van der Waals surface area (Å²) in [4.78, 5) is 25.8. The van der Waals surface area contributed by atoms with Crippen molar-refractivity contribution in [3.63, 3.8) is 0 Å². The molecule has 2 atom stereocenters. The van der Waals surface area contributed by atoms with Gasteiger partial charge in [0.05, 0.1) is 16.3 Å². The molecule has 0 spiro atoms. The van der Waals surface area contributed by atoms with E-state index in [-0.39, 0.29) is 35.5 Å². The Morgan fingerprint density at radius 3 is 2.59 bits per heavy atom. The van der Waals surface area contributed by atoms with Crippen LogP contribution in [0, 0.1) is 18.8 Å². The summed E-state index contributed by atoms with van der Waals surface area (Å²) in [5.74, 6) is 0.582. The van der Waals surface area contributed by atoms with Gasteiger partial charge < -0.3 is 15.0 Å². The van der Waals surface area contributed by atoms with E-state index in [9.17, 15) is 18.0 Å². The first-order chi connectivity index (χ1) is 12.7. The van der Waals surface area contributed by atoms with Crippen LogP contribution in [0.5, 0.6) is 5.75 Å². The molecule has 1 aromatic carbocycles. The lowest BCUT2D eigenvalue weighted by molar-refractivity contribution is -0.133. The normalized spacial score (nSPS) is 22.6. The summed E-state index contributed by atoms with van der Waals surface area (Å²) in [6.07, 6.45) is 1.06. The van der Waals surface area contributed by atoms with Crippen molar-refractivity contribution in [3.05, 3.63) is 17.7 Å². The quantitative estimate of drug-likeness (QED) is 0.843. The number of nitrogens with one attached hydrogen (secondary N) is 1. The molecule has 2 amide bonds. The van der Waals surface area contributed by atoms with Crippen LogP contribution in [0.1, 0.15) is 32.3 Å². The molecule has 0 saturated carbocycles. The number of hydrogen-bond acceptors (Lipinski definition) is 5. The maximum absolute atomic E-state index is 12.8. The Kier molecular flexibility index (Phi) is 5.46. The van der Waals surface area contributed by atoms with E-state index in [1.54, 1.807) is 17.9 Å². The fourth-order valence-electron chi connectivity index (χ4n) is 3.91. The first kappa shape index (κ1) is 19.7. The van der Waals surface area contributed by atoms with E-state index in [2.05, 4.69) is 19.2 Å². The predicted molar refractivity (Wildman–Crippen MR) is 101 cm³/mol. The third kappa shape index (κ3) is 4.43. The zero-order chi connectivity index (χ0) is 19.8. The molecule has 1 aromatic rings. The van der Waals surface area contributed by atoms with Gasteiger partial charge in [-0.25, -0.2) is 8.42 Å². The smallest absolute Gasteiger partial charge is 0.262 e. The summed E-state index contributed by atoms with van der Waals surface area (Å²) in [6, 6.07) is 3.03. The number of ether oxygens (including phenoxy) is 1. The van der Waals surface area contributed by atoms with Crippen molar-refractivity contribution in [1.82, 2.24) is 4.90 Å². The lowest BCUT2D eigenvalue weighted by Crippen LogP contribution is -2.43. The molecule has 3 rings (SSSR count). The average molecular weight is 394 g/mol. The van der Waals surface area contributed by atoms with Crippen LogP contribution in [0.2, 0.25) is 0 Å². The molecule has 0 radical (unpaired) electrons. The molecule has 1 N–H and O–H groups in total. The van der Waals surface area contributed by atoms with Crippen LogP contribution < -0.4 is 10.1 Å². The summed E-state index contributed by atoms with van der Waals surface area (Å²) in [7, 11) is -3.64. The number of fused-ring (bicyclic) bond motifs is 1. The average Bonchev–Trinajstić information content (AvgIpc) is 2.58. The lowest BCUT2D eigenvalue weighted by atomic mass is 9.92. The Bertz CT molecular complexity index is 855. The number of amides is 2. The molecule has 0 bridgehead atoms. The molecule has 8 heteroatoms. The summed E-state index contributed by atoms with van der Waals surface area (Å²) in [5, 5.41) is 2.66. The largest absolute Gasteiger partial charge is 0.482 e. The van der Waals surface area contributed by atoms with Crippen LogP contribution in [-0.2, 0) is 19.4 Å². The summed E-state index contributed by atoms with van der Waals surface area (Å²) in [6.45, 7) is 7.14. The molecule has 27 heavy (non-hydrogen) atoms. The molecule has 0 aliphatic carbocycles. The molecule has 2 aliphatic rings. The van der Waals surface area contributed by atoms with Gasteiger partial charge >= 0.3 is 0 Å². The summed E-state index contributed by atoms with van der Waals surface area (Å²) in [5.41, 5.74) is 0.988. The first-order valence-electron chi connectivity index (χ1n) is 9.23. The number of anilines is 1. The number of benzene rings is 1. The number of likely N-dealkylation sites (tertiary alicyclic amines) is 1. The second-order valence-electron chi connectivity index (χ2n) is 7.76.